The second kappa shape index (κ2) is 3.70. The topological polar surface area (TPSA) is 29.1 Å². The second-order valence-corrected chi connectivity index (χ2v) is 2.83. The van der Waals surface area contributed by atoms with Crippen LogP contribution in [0, 0.1) is 11.6 Å². The molecule has 0 saturated carbocycles. The van der Waals surface area contributed by atoms with Crippen molar-refractivity contribution in [1.82, 2.24) is 0 Å². The van der Waals surface area contributed by atoms with Crippen LogP contribution < -0.4 is 5.32 Å². The first-order valence-electron chi connectivity index (χ1n) is 3.43. The van der Waals surface area contributed by atoms with Crippen LogP contribution in [-0.2, 0) is 4.79 Å². The molecule has 0 saturated heterocycles. The van der Waals surface area contributed by atoms with Gasteiger partial charge in [0.25, 0.3) is 0 Å². The van der Waals surface area contributed by atoms with E-state index >= 15 is 0 Å². The number of nitrogens with one attached hydrogen (secondary N) is 1. The smallest absolute Gasteiger partial charge is 0.221 e. The van der Waals surface area contributed by atoms with Gasteiger partial charge in [0.05, 0.1) is 10.7 Å². The molecule has 13 heavy (non-hydrogen) atoms. The lowest BCUT2D eigenvalue weighted by atomic mass is 10.3. The molecule has 1 aromatic carbocycles. The molecule has 1 rings (SSSR count). The Bertz CT molecular complexity index is 354. The molecule has 0 radical (unpaired) electrons. The van der Waals surface area contributed by atoms with Crippen LogP contribution in [0.15, 0.2) is 12.1 Å². The van der Waals surface area contributed by atoms with Gasteiger partial charge in [0.15, 0.2) is 11.6 Å². The Morgan fingerprint density at radius 3 is 2.46 bits per heavy atom. The van der Waals surface area contributed by atoms with Gasteiger partial charge >= 0.3 is 0 Å². The maximum absolute atomic E-state index is 12.6. The van der Waals surface area contributed by atoms with Gasteiger partial charge in [-0.3, -0.25) is 4.79 Å². The summed E-state index contributed by atoms with van der Waals surface area (Å²) in [6.07, 6.45) is 0. The molecule has 0 aliphatic rings. The number of halogens is 3. The summed E-state index contributed by atoms with van der Waals surface area (Å²) >= 11 is 5.52. The van der Waals surface area contributed by atoms with Crippen molar-refractivity contribution in [3.05, 3.63) is 28.8 Å². The first-order chi connectivity index (χ1) is 6.00. The number of benzene rings is 1. The Morgan fingerprint density at radius 1 is 1.38 bits per heavy atom. The van der Waals surface area contributed by atoms with Crippen molar-refractivity contribution in [2.24, 2.45) is 0 Å². The Morgan fingerprint density at radius 2 is 1.92 bits per heavy atom. The molecule has 2 nitrogen and oxygen atoms in total. The first kappa shape index (κ1) is 9.92. The van der Waals surface area contributed by atoms with Crippen molar-refractivity contribution in [3.8, 4) is 0 Å². The van der Waals surface area contributed by atoms with Gasteiger partial charge < -0.3 is 5.32 Å². The quantitative estimate of drug-likeness (QED) is 0.702. The van der Waals surface area contributed by atoms with Crippen LogP contribution >= 0.6 is 11.6 Å². The zero-order valence-electron chi connectivity index (χ0n) is 6.70. The standard InChI is InChI=1S/C8H6ClF2NO/c1-4(13)12-8-3-7(11)6(10)2-5(8)9/h2-3H,1H3,(H,12,13). The maximum atomic E-state index is 12.6. The van der Waals surface area contributed by atoms with E-state index in [0.717, 1.165) is 12.1 Å². The summed E-state index contributed by atoms with van der Waals surface area (Å²) in [6.45, 7) is 1.25. The molecule has 0 aromatic heterocycles. The summed E-state index contributed by atoms with van der Waals surface area (Å²) < 4.78 is 25.1. The van der Waals surface area contributed by atoms with Crippen LogP contribution in [0.2, 0.25) is 5.02 Å². The number of carbonyl (C=O) groups excluding carboxylic acids is 1. The zero-order valence-corrected chi connectivity index (χ0v) is 7.45. The summed E-state index contributed by atoms with van der Waals surface area (Å²) in [5.41, 5.74) is 0.0630. The largest absolute Gasteiger partial charge is 0.325 e. The number of hydrogen-bond donors (Lipinski definition) is 1. The predicted octanol–water partition coefficient (Wildman–Crippen LogP) is 2.58. The Kier molecular flexibility index (Phi) is 2.83. The highest BCUT2D eigenvalue weighted by Gasteiger charge is 2.08. The summed E-state index contributed by atoms with van der Waals surface area (Å²) in [6, 6.07) is 1.64. The number of hydrogen-bond acceptors (Lipinski definition) is 1. The van der Waals surface area contributed by atoms with Gasteiger partial charge in [-0.25, -0.2) is 8.78 Å². The zero-order chi connectivity index (χ0) is 10.0. The monoisotopic (exact) mass is 205 g/mol. The van der Waals surface area contributed by atoms with Crippen LogP contribution in [-0.4, -0.2) is 5.91 Å². The minimum Gasteiger partial charge on any atom is -0.325 e. The van der Waals surface area contributed by atoms with Crippen LogP contribution in [0.1, 0.15) is 6.92 Å². The van der Waals surface area contributed by atoms with Gasteiger partial charge in [0.2, 0.25) is 5.91 Å². The highest BCUT2D eigenvalue weighted by molar-refractivity contribution is 6.33. The molecule has 0 unspecified atom stereocenters. The molecule has 0 bridgehead atoms. The van der Waals surface area contributed by atoms with Crippen LogP contribution in [0.3, 0.4) is 0 Å². The molecular formula is C8H6ClF2NO. The van der Waals surface area contributed by atoms with Crippen molar-refractivity contribution < 1.29 is 13.6 Å². The van der Waals surface area contributed by atoms with E-state index in [4.69, 9.17) is 11.6 Å². The van der Waals surface area contributed by atoms with Gasteiger partial charge in [-0.2, -0.15) is 0 Å². The van der Waals surface area contributed by atoms with Crippen molar-refractivity contribution in [3.63, 3.8) is 0 Å². The minimum atomic E-state index is -1.05. The first-order valence-corrected chi connectivity index (χ1v) is 3.80. The highest BCUT2D eigenvalue weighted by atomic mass is 35.5. The number of anilines is 1. The molecule has 1 N–H and O–H groups in total. The molecule has 0 atom stereocenters. The third-order valence-corrected chi connectivity index (χ3v) is 1.63. The molecule has 5 heteroatoms. The lowest BCUT2D eigenvalue weighted by molar-refractivity contribution is -0.114. The lowest BCUT2D eigenvalue weighted by Gasteiger charge is -2.04. The number of amides is 1. The fourth-order valence-corrected chi connectivity index (χ4v) is 1.01. The van der Waals surface area contributed by atoms with E-state index in [1.807, 2.05) is 0 Å². The molecule has 1 amide bonds. The van der Waals surface area contributed by atoms with Crippen LogP contribution in [0.25, 0.3) is 0 Å². The van der Waals surface area contributed by atoms with E-state index < -0.39 is 17.5 Å². The molecule has 70 valence electrons. The molecule has 0 aliphatic carbocycles. The normalized spacial score (nSPS) is 9.85. The molecular weight excluding hydrogens is 200 g/mol. The fourth-order valence-electron chi connectivity index (χ4n) is 0.808. The van der Waals surface area contributed by atoms with E-state index in [1.165, 1.54) is 6.92 Å². The maximum Gasteiger partial charge on any atom is 0.221 e. The summed E-state index contributed by atoms with van der Waals surface area (Å²) in [7, 11) is 0. The Hall–Kier alpha value is -1.16. The van der Waals surface area contributed by atoms with Gasteiger partial charge in [0, 0.05) is 13.0 Å². The van der Waals surface area contributed by atoms with E-state index in [2.05, 4.69) is 5.32 Å². The van der Waals surface area contributed by atoms with Crippen molar-refractivity contribution in [2.75, 3.05) is 5.32 Å². The second-order valence-electron chi connectivity index (χ2n) is 2.43. The Labute approximate surface area is 78.5 Å². The minimum absolute atomic E-state index is 0.0332. The summed E-state index contributed by atoms with van der Waals surface area (Å²) in [5, 5.41) is 2.23. The van der Waals surface area contributed by atoms with E-state index in [1.54, 1.807) is 0 Å². The predicted molar refractivity (Wildman–Crippen MR) is 45.7 cm³/mol. The van der Waals surface area contributed by atoms with Crippen molar-refractivity contribution >= 4 is 23.2 Å². The average molecular weight is 206 g/mol. The summed E-state index contributed by atoms with van der Waals surface area (Å²) in [4.78, 5) is 10.6. The summed E-state index contributed by atoms with van der Waals surface area (Å²) in [5.74, 6) is -2.49. The van der Waals surface area contributed by atoms with Crippen molar-refractivity contribution in [1.29, 1.82) is 0 Å². The average Bonchev–Trinajstić information content (AvgIpc) is 1.99. The van der Waals surface area contributed by atoms with Gasteiger partial charge in [0.1, 0.15) is 0 Å². The van der Waals surface area contributed by atoms with E-state index in [9.17, 15) is 13.6 Å². The molecule has 0 spiro atoms. The van der Waals surface area contributed by atoms with E-state index in [-0.39, 0.29) is 10.7 Å². The molecule has 0 heterocycles. The highest BCUT2D eigenvalue weighted by Crippen LogP contribution is 2.24. The molecule has 0 fully saturated rings. The SMILES string of the molecule is CC(=O)Nc1cc(F)c(F)cc1Cl. The Balaban J connectivity index is 3.08. The molecule has 0 aliphatic heterocycles. The fraction of sp³-hybridized carbons (Fsp3) is 0.125. The third-order valence-electron chi connectivity index (χ3n) is 1.32. The van der Waals surface area contributed by atoms with Crippen LogP contribution in [0.4, 0.5) is 14.5 Å². The van der Waals surface area contributed by atoms with Gasteiger partial charge in [-0.05, 0) is 6.07 Å². The lowest BCUT2D eigenvalue weighted by Crippen LogP contribution is -2.06. The number of rotatable bonds is 1. The van der Waals surface area contributed by atoms with Gasteiger partial charge in [-0.1, -0.05) is 11.6 Å². The number of carbonyl (C=O) groups is 1. The van der Waals surface area contributed by atoms with E-state index in [0.29, 0.717) is 0 Å². The van der Waals surface area contributed by atoms with Crippen molar-refractivity contribution in [2.45, 2.75) is 6.92 Å². The van der Waals surface area contributed by atoms with Crippen LogP contribution in [0.5, 0.6) is 0 Å². The third kappa shape index (κ3) is 2.39. The van der Waals surface area contributed by atoms with Gasteiger partial charge in [-0.15, -0.1) is 0 Å². The molecule has 1 aromatic rings.